The molecule has 0 aliphatic heterocycles. The fraction of sp³-hybridized carbons (Fsp3) is 0.333. The van der Waals surface area contributed by atoms with Gasteiger partial charge in [0.25, 0.3) is 0 Å². The Balaban J connectivity index is 2.33. The lowest BCUT2D eigenvalue weighted by Gasteiger charge is -2.08. The van der Waals surface area contributed by atoms with E-state index in [0.29, 0.717) is 25.3 Å². The maximum Gasteiger partial charge on any atom is 0.319 e. The maximum absolute atomic E-state index is 11.5. The summed E-state index contributed by atoms with van der Waals surface area (Å²) < 4.78 is 0. The molecule has 0 atom stereocenters. The first-order valence-electron chi connectivity index (χ1n) is 5.70. The largest absolute Gasteiger partial charge is 0.355 e. The number of carbonyl (C=O) groups excluding carboxylic acids is 2. The number of hydrogen-bond acceptors (Lipinski definition) is 3. The van der Waals surface area contributed by atoms with Crippen LogP contribution in [-0.2, 0) is 11.3 Å². The lowest BCUT2D eigenvalue weighted by atomic mass is 10.2. The first-order chi connectivity index (χ1) is 8.61. The van der Waals surface area contributed by atoms with Crippen LogP contribution in [0.25, 0.3) is 0 Å². The Labute approximate surface area is 106 Å². The number of rotatable bonds is 5. The van der Waals surface area contributed by atoms with Gasteiger partial charge in [-0.3, -0.25) is 4.79 Å². The average Bonchev–Trinajstić information content (AvgIpc) is 2.34. The standard InChI is InChI=1S/C12H18N4O2/c1-9(17)14-5-6-15-12(18)16-11-4-2-3-10(7-11)8-13/h2-4,7H,5-6,8,13H2,1H3,(H,14,17)(H2,15,16,18). The van der Waals surface area contributed by atoms with Crippen LogP contribution >= 0.6 is 0 Å². The molecule has 0 unspecified atom stereocenters. The number of benzene rings is 1. The van der Waals surface area contributed by atoms with Crippen LogP contribution in [0.4, 0.5) is 10.5 Å². The minimum absolute atomic E-state index is 0.118. The van der Waals surface area contributed by atoms with Crippen molar-refractivity contribution < 1.29 is 9.59 Å². The van der Waals surface area contributed by atoms with Crippen LogP contribution in [0.15, 0.2) is 24.3 Å². The second kappa shape index (κ2) is 7.29. The summed E-state index contributed by atoms with van der Waals surface area (Å²) in [5.74, 6) is -0.118. The van der Waals surface area contributed by atoms with E-state index in [4.69, 9.17) is 5.73 Å². The van der Waals surface area contributed by atoms with Crippen molar-refractivity contribution in [3.05, 3.63) is 29.8 Å². The predicted molar refractivity (Wildman–Crippen MR) is 70.0 cm³/mol. The number of hydrogen-bond donors (Lipinski definition) is 4. The Morgan fingerprint density at radius 1 is 1.22 bits per heavy atom. The molecule has 0 saturated heterocycles. The first-order valence-corrected chi connectivity index (χ1v) is 5.70. The van der Waals surface area contributed by atoms with E-state index in [1.807, 2.05) is 18.2 Å². The Bertz CT molecular complexity index is 420. The van der Waals surface area contributed by atoms with Gasteiger partial charge in [-0.25, -0.2) is 4.79 Å². The molecule has 6 heteroatoms. The Hall–Kier alpha value is -2.08. The van der Waals surface area contributed by atoms with Gasteiger partial charge in [-0.05, 0) is 17.7 Å². The monoisotopic (exact) mass is 250 g/mol. The molecule has 0 fully saturated rings. The van der Waals surface area contributed by atoms with E-state index in [9.17, 15) is 9.59 Å². The molecule has 0 aromatic heterocycles. The molecular formula is C12H18N4O2. The lowest BCUT2D eigenvalue weighted by molar-refractivity contribution is -0.118. The maximum atomic E-state index is 11.5. The zero-order chi connectivity index (χ0) is 13.4. The highest BCUT2D eigenvalue weighted by molar-refractivity contribution is 5.89. The number of amides is 3. The topological polar surface area (TPSA) is 96.2 Å². The van der Waals surface area contributed by atoms with Gasteiger partial charge in [-0.15, -0.1) is 0 Å². The van der Waals surface area contributed by atoms with Crippen molar-refractivity contribution in [1.29, 1.82) is 0 Å². The summed E-state index contributed by atoms with van der Waals surface area (Å²) in [6, 6.07) is 7.00. The third-order valence-electron chi connectivity index (χ3n) is 2.21. The van der Waals surface area contributed by atoms with Crippen LogP contribution < -0.4 is 21.7 Å². The third-order valence-corrected chi connectivity index (χ3v) is 2.21. The van der Waals surface area contributed by atoms with Gasteiger partial charge in [0.15, 0.2) is 0 Å². The van der Waals surface area contributed by atoms with Crippen molar-refractivity contribution in [2.45, 2.75) is 13.5 Å². The number of anilines is 1. The van der Waals surface area contributed by atoms with E-state index in [2.05, 4.69) is 16.0 Å². The second-order valence-electron chi connectivity index (χ2n) is 3.77. The van der Waals surface area contributed by atoms with Gasteiger partial charge < -0.3 is 21.7 Å². The molecule has 6 nitrogen and oxygen atoms in total. The summed E-state index contributed by atoms with van der Waals surface area (Å²) in [6.45, 7) is 2.64. The molecule has 0 saturated carbocycles. The van der Waals surface area contributed by atoms with Gasteiger partial charge in [0.1, 0.15) is 0 Å². The SMILES string of the molecule is CC(=O)NCCNC(=O)Nc1cccc(CN)c1. The van der Waals surface area contributed by atoms with E-state index >= 15 is 0 Å². The van der Waals surface area contributed by atoms with E-state index in [1.165, 1.54) is 6.92 Å². The Morgan fingerprint density at radius 3 is 2.61 bits per heavy atom. The van der Waals surface area contributed by atoms with Gasteiger partial charge >= 0.3 is 6.03 Å². The first kappa shape index (κ1) is 14.0. The van der Waals surface area contributed by atoms with Gasteiger partial charge in [-0.1, -0.05) is 12.1 Å². The van der Waals surface area contributed by atoms with Crippen LogP contribution in [0.3, 0.4) is 0 Å². The zero-order valence-electron chi connectivity index (χ0n) is 10.3. The van der Waals surface area contributed by atoms with Crippen molar-refractivity contribution >= 4 is 17.6 Å². The van der Waals surface area contributed by atoms with E-state index in [1.54, 1.807) is 6.07 Å². The van der Waals surface area contributed by atoms with Crippen molar-refractivity contribution in [2.75, 3.05) is 18.4 Å². The average molecular weight is 250 g/mol. The molecule has 18 heavy (non-hydrogen) atoms. The lowest BCUT2D eigenvalue weighted by Crippen LogP contribution is -2.36. The predicted octanol–water partition coefficient (Wildman–Crippen LogP) is 0.403. The molecular weight excluding hydrogens is 232 g/mol. The van der Waals surface area contributed by atoms with Gasteiger partial charge in [0.2, 0.25) is 5.91 Å². The summed E-state index contributed by atoms with van der Waals surface area (Å²) in [5, 5.41) is 7.90. The molecule has 3 amide bonds. The summed E-state index contributed by atoms with van der Waals surface area (Å²) in [7, 11) is 0. The summed E-state index contributed by atoms with van der Waals surface area (Å²) in [4.78, 5) is 22.1. The molecule has 0 spiro atoms. The van der Waals surface area contributed by atoms with E-state index in [-0.39, 0.29) is 11.9 Å². The normalized spacial score (nSPS) is 9.67. The van der Waals surface area contributed by atoms with Crippen molar-refractivity contribution in [3.8, 4) is 0 Å². The highest BCUT2D eigenvalue weighted by Crippen LogP contribution is 2.09. The Kier molecular flexibility index (Phi) is 5.66. The molecule has 5 N–H and O–H groups in total. The zero-order valence-corrected chi connectivity index (χ0v) is 10.3. The molecule has 1 aromatic rings. The van der Waals surface area contributed by atoms with Crippen molar-refractivity contribution in [3.63, 3.8) is 0 Å². The molecule has 0 aliphatic carbocycles. The quantitative estimate of drug-likeness (QED) is 0.570. The van der Waals surface area contributed by atoms with Crippen LogP contribution in [-0.4, -0.2) is 25.0 Å². The molecule has 0 heterocycles. The summed E-state index contributed by atoms with van der Waals surface area (Å²) in [5.41, 5.74) is 7.15. The molecule has 0 aliphatic rings. The number of nitrogens with two attached hydrogens (primary N) is 1. The second-order valence-corrected chi connectivity index (χ2v) is 3.77. The smallest absolute Gasteiger partial charge is 0.319 e. The van der Waals surface area contributed by atoms with E-state index < -0.39 is 0 Å². The number of nitrogens with one attached hydrogen (secondary N) is 3. The van der Waals surface area contributed by atoms with Crippen molar-refractivity contribution in [1.82, 2.24) is 10.6 Å². The Morgan fingerprint density at radius 2 is 1.94 bits per heavy atom. The molecule has 1 aromatic carbocycles. The number of urea groups is 1. The van der Waals surface area contributed by atoms with Crippen LogP contribution in [0.5, 0.6) is 0 Å². The molecule has 98 valence electrons. The van der Waals surface area contributed by atoms with Crippen LogP contribution in [0.1, 0.15) is 12.5 Å². The minimum atomic E-state index is -0.311. The molecule has 1 rings (SSSR count). The summed E-state index contributed by atoms with van der Waals surface area (Å²) in [6.07, 6.45) is 0. The van der Waals surface area contributed by atoms with E-state index in [0.717, 1.165) is 5.56 Å². The van der Waals surface area contributed by atoms with Crippen molar-refractivity contribution in [2.24, 2.45) is 5.73 Å². The fourth-order valence-electron chi connectivity index (χ4n) is 1.37. The van der Waals surface area contributed by atoms with Crippen LogP contribution in [0, 0.1) is 0 Å². The van der Waals surface area contributed by atoms with Crippen LogP contribution in [0.2, 0.25) is 0 Å². The molecule has 0 radical (unpaired) electrons. The summed E-state index contributed by atoms with van der Waals surface area (Å²) >= 11 is 0. The third kappa shape index (κ3) is 5.31. The van der Waals surface area contributed by atoms with Gasteiger partial charge in [0.05, 0.1) is 0 Å². The molecule has 0 bridgehead atoms. The number of carbonyl (C=O) groups is 2. The minimum Gasteiger partial charge on any atom is -0.355 e. The highest BCUT2D eigenvalue weighted by atomic mass is 16.2. The van der Waals surface area contributed by atoms with Gasteiger partial charge in [0, 0.05) is 32.2 Å². The fourth-order valence-corrected chi connectivity index (χ4v) is 1.37. The van der Waals surface area contributed by atoms with Gasteiger partial charge in [-0.2, -0.15) is 0 Å². The highest BCUT2D eigenvalue weighted by Gasteiger charge is 2.01.